The van der Waals surface area contributed by atoms with Crippen LogP contribution < -0.4 is 9.62 Å². The molecule has 0 aromatic heterocycles. The highest BCUT2D eigenvalue weighted by Gasteiger charge is 2.33. The number of nitrogens with one attached hydrogen (secondary N) is 1. The number of nitrogens with zero attached hydrogens (tertiary/aromatic N) is 2. The highest BCUT2D eigenvalue weighted by Crippen LogP contribution is 2.21. The van der Waals surface area contributed by atoms with E-state index in [0.717, 1.165) is 38.3 Å². The minimum Gasteiger partial charge on any atom is -0.352 e. The summed E-state index contributed by atoms with van der Waals surface area (Å²) >= 11 is 3.41. The van der Waals surface area contributed by atoms with Crippen molar-refractivity contribution < 1.29 is 22.4 Å². The van der Waals surface area contributed by atoms with Crippen molar-refractivity contribution in [3.63, 3.8) is 0 Å². The molecule has 0 saturated carbocycles. The van der Waals surface area contributed by atoms with Crippen LogP contribution in [-0.4, -0.2) is 50.0 Å². The van der Waals surface area contributed by atoms with Crippen LogP contribution in [0.4, 0.5) is 10.1 Å². The van der Waals surface area contributed by atoms with Gasteiger partial charge in [0.25, 0.3) is 0 Å². The Morgan fingerprint density at radius 3 is 2.13 bits per heavy atom. The fourth-order valence-electron chi connectivity index (χ4n) is 4.00. The molecule has 0 fully saturated rings. The average Bonchev–Trinajstić information content (AvgIpc) is 2.90. The van der Waals surface area contributed by atoms with Gasteiger partial charge < -0.3 is 10.2 Å². The molecule has 3 aromatic carbocycles. The Labute approximate surface area is 238 Å². The summed E-state index contributed by atoms with van der Waals surface area (Å²) in [5.41, 5.74) is 1.78. The van der Waals surface area contributed by atoms with Gasteiger partial charge in [-0.15, -0.1) is 0 Å². The summed E-state index contributed by atoms with van der Waals surface area (Å²) in [6.45, 7) is 3.37. The van der Waals surface area contributed by atoms with E-state index < -0.39 is 34.3 Å². The van der Waals surface area contributed by atoms with Crippen LogP contribution in [0.25, 0.3) is 0 Å². The first kappa shape index (κ1) is 30.3. The van der Waals surface area contributed by atoms with E-state index in [2.05, 4.69) is 21.2 Å². The monoisotopic (exact) mass is 617 g/mol. The van der Waals surface area contributed by atoms with Crippen LogP contribution in [0.2, 0.25) is 0 Å². The topological polar surface area (TPSA) is 86.8 Å². The molecule has 0 aliphatic rings. The molecule has 3 aromatic rings. The molecule has 2 amide bonds. The van der Waals surface area contributed by atoms with E-state index in [1.54, 1.807) is 0 Å². The molecule has 0 aliphatic carbocycles. The van der Waals surface area contributed by atoms with Crippen molar-refractivity contribution in [2.75, 3.05) is 17.1 Å². The summed E-state index contributed by atoms with van der Waals surface area (Å²) in [6, 6.07) is 20.6. The number of anilines is 1. The van der Waals surface area contributed by atoms with Crippen LogP contribution in [-0.2, 0) is 32.6 Å². The van der Waals surface area contributed by atoms with Crippen molar-refractivity contribution >= 4 is 43.5 Å². The Balaban J connectivity index is 2.04. The summed E-state index contributed by atoms with van der Waals surface area (Å²) in [5, 5.41) is 2.99. The van der Waals surface area contributed by atoms with Crippen molar-refractivity contribution in [1.82, 2.24) is 10.2 Å². The van der Waals surface area contributed by atoms with Crippen molar-refractivity contribution in [1.29, 1.82) is 0 Å². The van der Waals surface area contributed by atoms with E-state index in [9.17, 15) is 22.4 Å². The minimum absolute atomic E-state index is 0.0819. The fraction of sp³-hybridized carbons (Fsp3) is 0.310. The average molecular weight is 619 g/mol. The maximum atomic E-state index is 14.0. The third-order valence-electron chi connectivity index (χ3n) is 6.33. The number of carbonyl (C=O) groups excluding carboxylic acids is 2. The number of benzene rings is 3. The van der Waals surface area contributed by atoms with Crippen molar-refractivity contribution in [3.8, 4) is 0 Å². The second kappa shape index (κ2) is 13.7. The highest BCUT2D eigenvalue weighted by molar-refractivity contribution is 9.10. The van der Waals surface area contributed by atoms with Gasteiger partial charge in [-0.2, -0.15) is 0 Å². The zero-order valence-corrected chi connectivity index (χ0v) is 24.6. The maximum absolute atomic E-state index is 14.0. The second-order valence-electron chi connectivity index (χ2n) is 9.42. The zero-order chi connectivity index (χ0) is 28.6. The van der Waals surface area contributed by atoms with E-state index in [1.807, 2.05) is 68.4 Å². The summed E-state index contributed by atoms with van der Waals surface area (Å²) in [7, 11) is -3.91. The van der Waals surface area contributed by atoms with Crippen molar-refractivity contribution in [3.05, 3.63) is 100 Å². The Hall–Kier alpha value is -3.24. The Morgan fingerprint density at radius 2 is 1.56 bits per heavy atom. The number of hydrogen-bond acceptors (Lipinski definition) is 4. The predicted molar refractivity (Wildman–Crippen MR) is 155 cm³/mol. The van der Waals surface area contributed by atoms with Gasteiger partial charge in [-0.05, 0) is 60.9 Å². The molecule has 0 aliphatic heterocycles. The van der Waals surface area contributed by atoms with Crippen LogP contribution >= 0.6 is 15.9 Å². The van der Waals surface area contributed by atoms with Gasteiger partial charge in [0.05, 0.1) is 11.9 Å². The van der Waals surface area contributed by atoms with Crippen LogP contribution in [0.1, 0.15) is 31.4 Å². The molecular formula is C29H33BrFN3O4S. The highest BCUT2D eigenvalue weighted by atomic mass is 79.9. The number of sulfonamides is 1. The van der Waals surface area contributed by atoms with Crippen LogP contribution in [0, 0.1) is 5.82 Å². The largest absolute Gasteiger partial charge is 0.352 e. The molecule has 10 heteroatoms. The molecule has 1 N–H and O–H groups in total. The van der Waals surface area contributed by atoms with Crippen LogP contribution in [0.5, 0.6) is 0 Å². The predicted octanol–water partition coefficient (Wildman–Crippen LogP) is 4.91. The van der Waals surface area contributed by atoms with Gasteiger partial charge in [0.15, 0.2) is 0 Å². The van der Waals surface area contributed by atoms with E-state index >= 15 is 0 Å². The van der Waals surface area contributed by atoms with Crippen LogP contribution in [0.3, 0.4) is 0 Å². The van der Waals surface area contributed by atoms with Crippen molar-refractivity contribution in [2.45, 2.75) is 45.3 Å². The summed E-state index contributed by atoms with van der Waals surface area (Å²) in [4.78, 5) is 29.0. The van der Waals surface area contributed by atoms with E-state index in [4.69, 9.17) is 0 Å². The van der Waals surface area contributed by atoms with E-state index in [1.165, 1.54) is 17.0 Å². The Bertz CT molecular complexity index is 1350. The number of hydrogen-bond donors (Lipinski definition) is 1. The van der Waals surface area contributed by atoms with Gasteiger partial charge in [0.2, 0.25) is 21.8 Å². The SMILES string of the molecule is CC[C@H](C)NC(=O)[C@H](Cc1ccccc1)N(Cc1ccc(Br)cc1)C(=O)CN(c1ccc(F)cc1)S(C)(=O)=O. The zero-order valence-electron chi connectivity index (χ0n) is 22.2. The number of amides is 2. The Morgan fingerprint density at radius 1 is 0.949 bits per heavy atom. The molecule has 39 heavy (non-hydrogen) atoms. The molecule has 0 radical (unpaired) electrons. The molecule has 7 nitrogen and oxygen atoms in total. The molecule has 0 spiro atoms. The van der Waals surface area contributed by atoms with E-state index in [-0.39, 0.29) is 30.6 Å². The molecule has 0 unspecified atom stereocenters. The molecule has 3 rings (SSSR count). The molecule has 0 saturated heterocycles. The van der Waals surface area contributed by atoms with Crippen LogP contribution in [0.15, 0.2) is 83.3 Å². The third kappa shape index (κ3) is 8.90. The lowest BCUT2D eigenvalue weighted by atomic mass is 10.0. The van der Waals surface area contributed by atoms with Gasteiger partial charge in [0, 0.05) is 23.5 Å². The molecule has 0 bridgehead atoms. The number of carbonyl (C=O) groups is 2. The smallest absolute Gasteiger partial charge is 0.244 e. The lowest BCUT2D eigenvalue weighted by molar-refractivity contribution is -0.140. The number of rotatable bonds is 12. The standard InChI is InChI=1S/C29H33BrFN3O4S/c1-4-21(2)32-29(36)27(18-22-8-6-5-7-9-22)33(19-23-10-12-24(30)13-11-23)28(35)20-34(39(3,37)38)26-16-14-25(31)15-17-26/h5-17,21,27H,4,18-20H2,1-3H3,(H,32,36)/t21-,27-/m0/s1. The van der Waals surface area contributed by atoms with E-state index in [0.29, 0.717) is 6.42 Å². The van der Waals surface area contributed by atoms with Crippen molar-refractivity contribution in [2.24, 2.45) is 0 Å². The fourth-order valence-corrected chi connectivity index (χ4v) is 5.12. The minimum atomic E-state index is -3.91. The molecule has 0 heterocycles. The van der Waals surface area contributed by atoms with Gasteiger partial charge in [-0.25, -0.2) is 12.8 Å². The Kier molecular flexibility index (Phi) is 10.7. The van der Waals surface area contributed by atoms with Gasteiger partial charge in [-0.1, -0.05) is 65.3 Å². The van der Waals surface area contributed by atoms with Gasteiger partial charge >= 0.3 is 0 Å². The second-order valence-corrected chi connectivity index (χ2v) is 12.2. The first-order valence-corrected chi connectivity index (χ1v) is 15.2. The summed E-state index contributed by atoms with van der Waals surface area (Å²) in [5.74, 6) is -1.42. The molecular weight excluding hydrogens is 585 g/mol. The first-order chi connectivity index (χ1) is 18.5. The third-order valence-corrected chi connectivity index (χ3v) is 8.00. The first-order valence-electron chi connectivity index (χ1n) is 12.6. The summed E-state index contributed by atoms with van der Waals surface area (Å²) in [6.07, 6.45) is 1.93. The normalized spacial score (nSPS) is 12.8. The lowest BCUT2D eigenvalue weighted by Crippen LogP contribution is -2.54. The quantitative estimate of drug-likeness (QED) is 0.313. The maximum Gasteiger partial charge on any atom is 0.244 e. The lowest BCUT2D eigenvalue weighted by Gasteiger charge is -2.34. The van der Waals surface area contributed by atoms with Gasteiger partial charge in [-0.3, -0.25) is 13.9 Å². The summed E-state index contributed by atoms with van der Waals surface area (Å²) < 4.78 is 40.8. The van der Waals surface area contributed by atoms with Gasteiger partial charge in [0.1, 0.15) is 18.4 Å². The molecule has 208 valence electrons. The molecule has 2 atom stereocenters. The number of halogens is 2.